The number of nitrogens with zero attached hydrogens (tertiary/aromatic N) is 1. The average molecular weight is 267 g/mol. The fourth-order valence-corrected chi connectivity index (χ4v) is 3.30. The summed E-state index contributed by atoms with van der Waals surface area (Å²) < 4.78 is 28.1. The van der Waals surface area contributed by atoms with E-state index in [4.69, 9.17) is 0 Å². The molecule has 1 rings (SSSR count). The highest BCUT2D eigenvalue weighted by Gasteiger charge is 2.18. The lowest BCUT2D eigenvalue weighted by molar-refractivity contribution is 0.596. The summed E-state index contributed by atoms with van der Waals surface area (Å²) in [7, 11) is -3.56. The Bertz CT molecular complexity index is 534. The van der Waals surface area contributed by atoms with Gasteiger partial charge < -0.3 is 0 Å². The Morgan fingerprint density at radius 1 is 1.17 bits per heavy atom. The summed E-state index contributed by atoms with van der Waals surface area (Å²) >= 11 is 0. The van der Waals surface area contributed by atoms with Crippen molar-refractivity contribution in [1.29, 1.82) is 0 Å². The van der Waals surface area contributed by atoms with E-state index in [1.165, 1.54) is 6.21 Å². The van der Waals surface area contributed by atoms with Crippen molar-refractivity contribution in [3.05, 3.63) is 28.8 Å². The maximum Gasteiger partial charge on any atom is 0.282 e. The second kappa shape index (κ2) is 5.65. The second-order valence-electron chi connectivity index (χ2n) is 5.12. The molecule has 0 aromatic heterocycles. The summed E-state index contributed by atoms with van der Waals surface area (Å²) in [4.78, 5) is 0.341. The van der Waals surface area contributed by atoms with E-state index in [2.05, 4.69) is 4.40 Å². The molecule has 4 heteroatoms. The average Bonchev–Trinajstić information content (AvgIpc) is 2.13. The predicted molar refractivity (Wildman–Crippen MR) is 75.8 cm³/mol. The molecule has 1 aromatic carbocycles. The minimum absolute atomic E-state index is 0.341. The van der Waals surface area contributed by atoms with Crippen molar-refractivity contribution in [3.8, 4) is 0 Å². The molecule has 0 fully saturated rings. The van der Waals surface area contributed by atoms with Gasteiger partial charge in [0.25, 0.3) is 10.0 Å². The summed E-state index contributed by atoms with van der Waals surface area (Å²) in [5.41, 5.74) is 2.58. The first-order valence-electron chi connectivity index (χ1n) is 6.10. The molecular formula is C14H21NO2S. The van der Waals surface area contributed by atoms with E-state index >= 15 is 0 Å². The van der Waals surface area contributed by atoms with Crippen molar-refractivity contribution in [2.75, 3.05) is 0 Å². The quantitative estimate of drug-likeness (QED) is 0.785. The molecule has 0 atom stereocenters. The van der Waals surface area contributed by atoms with Gasteiger partial charge in [0.1, 0.15) is 0 Å². The zero-order valence-corrected chi connectivity index (χ0v) is 12.5. The predicted octanol–water partition coefficient (Wildman–Crippen LogP) is 3.42. The van der Waals surface area contributed by atoms with Gasteiger partial charge in [-0.05, 0) is 44.2 Å². The van der Waals surface area contributed by atoms with Crippen LogP contribution in [0.2, 0.25) is 0 Å². The van der Waals surface area contributed by atoms with Crippen LogP contribution in [0.5, 0.6) is 0 Å². The fraction of sp³-hybridized carbons (Fsp3) is 0.500. The third-order valence-corrected chi connectivity index (χ3v) is 4.24. The van der Waals surface area contributed by atoms with Gasteiger partial charge in [-0.2, -0.15) is 12.8 Å². The van der Waals surface area contributed by atoms with Gasteiger partial charge in [-0.15, -0.1) is 0 Å². The Hall–Kier alpha value is -1.16. The highest BCUT2D eigenvalue weighted by Crippen LogP contribution is 2.23. The third kappa shape index (κ3) is 3.67. The number of sulfonamides is 1. The lowest BCUT2D eigenvalue weighted by Crippen LogP contribution is -2.04. The largest absolute Gasteiger partial charge is 0.282 e. The van der Waals surface area contributed by atoms with E-state index in [-0.39, 0.29) is 0 Å². The van der Waals surface area contributed by atoms with Crippen molar-refractivity contribution in [2.45, 2.75) is 45.9 Å². The second-order valence-corrected chi connectivity index (χ2v) is 6.69. The van der Waals surface area contributed by atoms with Gasteiger partial charge in [0.2, 0.25) is 0 Å². The highest BCUT2D eigenvalue weighted by atomic mass is 32.2. The van der Waals surface area contributed by atoms with Crippen LogP contribution in [-0.2, 0) is 10.0 Å². The van der Waals surface area contributed by atoms with Crippen LogP contribution in [0.25, 0.3) is 0 Å². The summed E-state index contributed by atoms with van der Waals surface area (Å²) in [6.45, 7) is 9.64. The van der Waals surface area contributed by atoms with Crippen molar-refractivity contribution in [2.24, 2.45) is 10.3 Å². The van der Waals surface area contributed by atoms with Gasteiger partial charge in [-0.3, -0.25) is 0 Å². The number of rotatable bonds is 4. The van der Waals surface area contributed by atoms with E-state index in [0.717, 1.165) is 16.7 Å². The first kappa shape index (κ1) is 14.9. The molecule has 0 saturated heterocycles. The van der Waals surface area contributed by atoms with Crippen LogP contribution < -0.4 is 0 Å². The molecule has 3 nitrogen and oxygen atoms in total. The SMILES string of the molecule is Cc1cc(C)c(S(=O)(=O)N=CCC(C)C)c(C)c1. The van der Waals surface area contributed by atoms with Crippen LogP contribution in [0.3, 0.4) is 0 Å². The van der Waals surface area contributed by atoms with E-state index in [1.807, 2.05) is 46.8 Å². The number of benzene rings is 1. The van der Waals surface area contributed by atoms with Gasteiger partial charge >= 0.3 is 0 Å². The smallest absolute Gasteiger partial charge is 0.199 e. The molecule has 0 radical (unpaired) electrons. The van der Waals surface area contributed by atoms with Gasteiger partial charge in [0, 0.05) is 6.21 Å². The number of hydrogen-bond donors (Lipinski definition) is 0. The first-order valence-corrected chi connectivity index (χ1v) is 7.54. The molecule has 0 amide bonds. The molecule has 0 unspecified atom stereocenters. The van der Waals surface area contributed by atoms with Crippen LogP contribution in [0.15, 0.2) is 21.4 Å². The van der Waals surface area contributed by atoms with E-state index in [9.17, 15) is 8.42 Å². The lowest BCUT2D eigenvalue weighted by Gasteiger charge is -2.09. The maximum atomic E-state index is 12.2. The Morgan fingerprint density at radius 3 is 2.11 bits per heavy atom. The van der Waals surface area contributed by atoms with Crippen LogP contribution in [-0.4, -0.2) is 14.6 Å². The summed E-state index contributed by atoms with van der Waals surface area (Å²) in [5.74, 6) is 0.407. The zero-order chi connectivity index (χ0) is 13.9. The van der Waals surface area contributed by atoms with Gasteiger partial charge in [0.15, 0.2) is 0 Å². The van der Waals surface area contributed by atoms with Crippen LogP contribution in [0, 0.1) is 26.7 Å². The lowest BCUT2D eigenvalue weighted by atomic mass is 10.1. The standard InChI is InChI=1S/C14H21NO2S/c1-10(2)6-7-15-18(16,17)14-12(4)8-11(3)9-13(14)5/h7-10H,6H2,1-5H3. The molecule has 100 valence electrons. The molecule has 1 aromatic rings. The Labute approximate surface area is 110 Å². The zero-order valence-electron chi connectivity index (χ0n) is 11.7. The van der Waals surface area contributed by atoms with Crippen LogP contribution >= 0.6 is 0 Å². The molecule has 0 saturated carbocycles. The molecule has 0 heterocycles. The molecule has 0 bridgehead atoms. The Morgan fingerprint density at radius 2 is 1.67 bits per heavy atom. The van der Waals surface area contributed by atoms with Gasteiger partial charge in [-0.1, -0.05) is 31.5 Å². The summed E-state index contributed by atoms with van der Waals surface area (Å²) in [6.07, 6.45) is 2.17. The topological polar surface area (TPSA) is 46.5 Å². The van der Waals surface area contributed by atoms with E-state index in [0.29, 0.717) is 17.2 Å². The summed E-state index contributed by atoms with van der Waals surface area (Å²) in [6, 6.07) is 3.75. The van der Waals surface area contributed by atoms with E-state index in [1.54, 1.807) is 0 Å². The molecule has 0 aliphatic carbocycles. The third-order valence-electron chi connectivity index (χ3n) is 2.65. The molecule has 18 heavy (non-hydrogen) atoms. The van der Waals surface area contributed by atoms with E-state index < -0.39 is 10.0 Å². The fourth-order valence-electron chi connectivity index (χ4n) is 1.98. The Balaban J connectivity index is 3.17. The van der Waals surface area contributed by atoms with Crippen molar-refractivity contribution >= 4 is 16.2 Å². The van der Waals surface area contributed by atoms with Gasteiger partial charge in [-0.25, -0.2) is 0 Å². The molecule has 0 aliphatic rings. The molecular weight excluding hydrogens is 246 g/mol. The minimum Gasteiger partial charge on any atom is -0.199 e. The van der Waals surface area contributed by atoms with Crippen molar-refractivity contribution in [3.63, 3.8) is 0 Å². The maximum absolute atomic E-state index is 12.2. The van der Waals surface area contributed by atoms with Crippen LogP contribution in [0.1, 0.15) is 37.0 Å². The van der Waals surface area contributed by atoms with Gasteiger partial charge in [0.05, 0.1) is 4.90 Å². The minimum atomic E-state index is -3.56. The Kier molecular flexibility index (Phi) is 4.68. The van der Waals surface area contributed by atoms with Crippen molar-refractivity contribution < 1.29 is 8.42 Å². The number of hydrogen-bond acceptors (Lipinski definition) is 2. The normalized spacial score (nSPS) is 12.6. The molecule has 0 aliphatic heterocycles. The summed E-state index contributed by atoms with van der Waals surface area (Å²) in [5, 5.41) is 0. The van der Waals surface area contributed by atoms with Crippen LogP contribution in [0.4, 0.5) is 0 Å². The molecule has 0 N–H and O–H groups in total. The molecule has 0 spiro atoms. The highest BCUT2D eigenvalue weighted by molar-refractivity contribution is 7.90. The first-order chi connectivity index (χ1) is 8.24. The monoisotopic (exact) mass is 267 g/mol. The number of aryl methyl sites for hydroxylation is 3. The van der Waals surface area contributed by atoms with Crippen molar-refractivity contribution in [1.82, 2.24) is 0 Å².